The molecule has 0 aliphatic heterocycles. The van der Waals surface area contributed by atoms with E-state index in [-0.39, 0.29) is 18.1 Å². The largest absolute Gasteiger partial charge is 0.347 e. The van der Waals surface area contributed by atoms with Gasteiger partial charge in [0.1, 0.15) is 12.2 Å². The molecule has 0 unspecified atom stereocenters. The lowest BCUT2D eigenvalue weighted by atomic mass is 10.3. The van der Waals surface area contributed by atoms with Gasteiger partial charge >= 0.3 is 0 Å². The van der Waals surface area contributed by atoms with Gasteiger partial charge in [-0.1, -0.05) is 0 Å². The van der Waals surface area contributed by atoms with Crippen LogP contribution < -0.4 is 10.2 Å². The van der Waals surface area contributed by atoms with Crippen LogP contribution in [0.25, 0.3) is 0 Å². The molecule has 0 bridgehead atoms. The molecule has 2 aromatic heterocycles. The Morgan fingerprint density at radius 3 is 2.90 bits per heavy atom. The molecule has 1 amide bonds. The van der Waals surface area contributed by atoms with Crippen LogP contribution in [0.2, 0.25) is 0 Å². The van der Waals surface area contributed by atoms with Crippen molar-refractivity contribution in [3.63, 3.8) is 0 Å². The first-order valence-electron chi connectivity index (χ1n) is 6.24. The maximum absolute atomic E-state index is 12.2. The van der Waals surface area contributed by atoms with Crippen LogP contribution >= 0.6 is 0 Å². The summed E-state index contributed by atoms with van der Waals surface area (Å²) in [5, 5.41) is 15.3. The third-order valence-corrected chi connectivity index (χ3v) is 2.59. The standard InChI is InChI=1S/C13H15N7O/c1-9-8-10(16-13(15-9)19(2)3)12(21)17-11-4-6-20(18-11)7-5-14/h4,6,8H,7H2,1-3H3,(H,17,18,21). The van der Waals surface area contributed by atoms with Crippen LogP contribution in [-0.4, -0.2) is 39.8 Å². The number of rotatable bonds is 4. The van der Waals surface area contributed by atoms with Crippen LogP contribution in [0, 0.1) is 18.3 Å². The minimum Gasteiger partial charge on any atom is -0.347 e. The monoisotopic (exact) mass is 285 g/mol. The molecular weight excluding hydrogens is 270 g/mol. The zero-order chi connectivity index (χ0) is 15.4. The number of anilines is 2. The van der Waals surface area contributed by atoms with Crippen LogP contribution in [-0.2, 0) is 6.54 Å². The van der Waals surface area contributed by atoms with Crippen molar-refractivity contribution in [3.8, 4) is 6.07 Å². The van der Waals surface area contributed by atoms with Gasteiger partial charge in [0.2, 0.25) is 5.95 Å². The maximum atomic E-state index is 12.2. The summed E-state index contributed by atoms with van der Waals surface area (Å²) in [7, 11) is 3.61. The number of hydrogen-bond donors (Lipinski definition) is 1. The Morgan fingerprint density at radius 2 is 2.24 bits per heavy atom. The Bertz CT molecular complexity index is 699. The third-order valence-electron chi connectivity index (χ3n) is 2.59. The Labute approximate surface area is 122 Å². The molecule has 0 aliphatic carbocycles. The fourth-order valence-corrected chi connectivity index (χ4v) is 1.64. The van der Waals surface area contributed by atoms with E-state index < -0.39 is 0 Å². The number of hydrogen-bond acceptors (Lipinski definition) is 6. The summed E-state index contributed by atoms with van der Waals surface area (Å²) in [6, 6.07) is 5.20. The second kappa shape index (κ2) is 6.00. The van der Waals surface area contributed by atoms with Crippen LogP contribution in [0.3, 0.4) is 0 Å². The number of aryl methyl sites for hydroxylation is 1. The van der Waals surface area contributed by atoms with Gasteiger partial charge in [-0.2, -0.15) is 10.4 Å². The fourth-order valence-electron chi connectivity index (χ4n) is 1.64. The average molecular weight is 285 g/mol. The van der Waals surface area contributed by atoms with Crippen molar-refractivity contribution in [2.75, 3.05) is 24.3 Å². The van der Waals surface area contributed by atoms with Gasteiger partial charge in [0.05, 0.1) is 6.07 Å². The van der Waals surface area contributed by atoms with E-state index >= 15 is 0 Å². The smallest absolute Gasteiger partial charge is 0.275 e. The highest BCUT2D eigenvalue weighted by Crippen LogP contribution is 2.10. The van der Waals surface area contributed by atoms with E-state index in [1.807, 2.05) is 6.07 Å². The van der Waals surface area contributed by atoms with E-state index in [1.165, 1.54) is 4.68 Å². The molecule has 2 aromatic rings. The second-order valence-electron chi connectivity index (χ2n) is 4.60. The molecule has 0 radical (unpaired) electrons. The number of nitrogens with one attached hydrogen (secondary N) is 1. The van der Waals surface area contributed by atoms with E-state index in [4.69, 9.17) is 5.26 Å². The van der Waals surface area contributed by atoms with Gasteiger partial charge < -0.3 is 10.2 Å². The van der Waals surface area contributed by atoms with E-state index in [0.29, 0.717) is 17.5 Å². The van der Waals surface area contributed by atoms with E-state index in [2.05, 4.69) is 20.4 Å². The second-order valence-corrected chi connectivity index (χ2v) is 4.60. The molecule has 0 saturated heterocycles. The molecule has 8 heteroatoms. The van der Waals surface area contributed by atoms with Crippen LogP contribution in [0.5, 0.6) is 0 Å². The molecule has 1 N–H and O–H groups in total. The molecular formula is C13H15N7O. The Balaban J connectivity index is 2.18. The van der Waals surface area contributed by atoms with E-state index in [1.54, 1.807) is 44.2 Å². The van der Waals surface area contributed by atoms with Crippen LogP contribution in [0.1, 0.15) is 16.2 Å². The first-order chi connectivity index (χ1) is 9.99. The summed E-state index contributed by atoms with van der Waals surface area (Å²) in [5.74, 6) is 0.471. The third kappa shape index (κ3) is 3.54. The molecule has 21 heavy (non-hydrogen) atoms. The van der Waals surface area contributed by atoms with Crippen molar-refractivity contribution in [2.24, 2.45) is 0 Å². The summed E-state index contributed by atoms with van der Waals surface area (Å²) in [4.78, 5) is 22.3. The average Bonchev–Trinajstić information content (AvgIpc) is 2.85. The van der Waals surface area contributed by atoms with Gasteiger partial charge in [0, 0.05) is 32.1 Å². The van der Waals surface area contributed by atoms with Crippen molar-refractivity contribution in [2.45, 2.75) is 13.5 Å². The van der Waals surface area contributed by atoms with E-state index in [9.17, 15) is 4.79 Å². The molecule has 2 heterocycles. The van der Waals surface area contributed by atoms with Crippen molar-refractivity contribution < 1.29 is 4.79 Å². The van der Waals surface area contributed by atoms with Crippen LogP contribution in [0.4, 0.5) is 11.8 Å². The number of carbonyl (C=O) groups excluding carboxylic acids is 1. The molecule has 0 aromatic carbocycles. The highest BCUT2D eigenvalue weighted by Gasteiger charge is 2.13. The highest BCUT2D eigenvalue weighted by atomic mass is 16.2. The first-order valence-corrected chi connectivity index (χ1v) is 6.24. The highest BCUT2D eigenvalue weighted by molar-refractivity contribution is 6.02. The first kappa shape index (κ1) is 14.5. The van der Waals surface area contributed by atoms with Crippen LogP contribution in [0.15, 0.2) is 18.3 Å². The predicted molar refractivity (Wildman–Crippen MR) is 76.9 cm³/mol. The van der Waals surface area contributed by atoms with Gasteiger partial charge in [0.15, 0.2) is 5.82 Å². The predicted octanol–water partition coefficient (Wildman–Crippen LogP) is 0.823. The molecule has 0 atom stereocenters. The lowest BCUT2D eigenvalue weighted by molar-refractivity contribution is 0.102. The van der Waals surface area contributed by atoms with Crippen molar-refractivity contribution in [1.29, 1.82) is 5.26 Å². The van der Waals surface area contributed by atoms with Crippen molar-refractivity contribution >= 4 is 17.7 Å². The molecule has 108 valence electrons. The van der Waals surface area contributed by atoms with Gasteiger partial charge in [-0.05, 0) is 13.0 Å². The van der Waals surface area contributed by atoms with Gasteiger partial charge in [-0.25, -0.2) is 9.97 Å². The molecule has 2 rings (SSSR count). The summed E-state index contributed by atoms with van der Waals surface area (Å²) in [5.41, 5.74) is 0.967. The molecule has 0 saturated carbocycles. The molecule has 0 aliphatic rings. The Kier molecular flexibility index (Phi) is 4.13. The van der Waals surface area contributed by atoms with Gasteiger partial charge in [-0.3, -0.25) is 9.48 Å². The number of amides is 1. The molecule has 0 spiro atoms. The topological polar surface area (TPSA) is 99.7 Å². The lowest BCUT2D eigenvalue weighted by Crippen LogP contribution is -2.19. The van der Waals surface area contributed by atoms with Gasteiger partial charge in [-0.15, -0.1) is 0 Å². The zero-order valence-electron chi connectivity index (χ0n) is 12.0. The summed E-state index contributed by atoms with van der Waals surface area (Å²) in [6.45, 7) is 1.93. The van der Waals surface area contributed by atoms with E-state index in [0.717, 1.165) is 0 Å². The summed E-state index contributed by atoms with van der Waals surface area (Å²) in [6.07, 6.45) is 1.62. The van der Waals surface area contributed by atoms with Crippen molar-refractivity contribution in [1.82, 2.24) is 19.7 Å². The summed E-state index contributed by atoms with van der Waals surface area (Å²) < 4.78 is 1.44. The molecule has 0 fully saturated rings. The number of aromatic nitrogens is 4. The normalized spacial score (nSPS) is 10.0. The number of nitriles is 1. The Morgan fingerprint density at radius 1 is 1.48 bits per heavy atom. The van der Waals surface area contributed by atoms with Crippen molar-refractivity contribution in [3.05, 3.63) is 29.7 Å². The minimum absolute atomic E-state index is 0.132. The fraction of sp³-hybridized carbons (Fsp3) is 0.308. The maximum Gasteiger partial charge on any atom is 0.275 e. The van der Waals surface area contributed by atoms with Gasteiger partial charge in [0.25, 0.3) is 5.91 Å². The SMILES string of the molecule is Cc1cc(C(=O)Nc2ccn(CC#N)n2)nc(N(C)C)n1. The quantitative estimate of drug-likeness (QED) is 0.892. The lowest BCUT2D eigenvalue weighted by Gasteiger charge is -2.11. The Hall–Kier alpha value is -2.95. The number of carbonyl (C=O) groups is 1. The minimum atomic E-state index is -0.370. The number of nitrogens with zero attached hydrogens (tertiary/aromatic N) is 6. The molecule has 8 nitrogen and oxygen atoms in total. The zero-order valence-corrected chi connectivity index (χ0v) is 12.0. The summed E-state index contributed by atoms with van der Waals surface area (Å²) >= 11 is 0.